The van der Waals surface area contributed by atoms with Crippen LogP contribution in [0, 0.1) is 0 Å². The van der Waals surface area contributed by atoms with Crippen molar-refractivity contribution in [1.29, 1.82) is 0 Å². The van der Waals surface area contributed by atoms with Crippen LogP contribution in [-0.4, -0.2) is 29.9 Å². The van der Waals surface area contributed by atoms with Gasteiger partial charge in [0.1, 0.15) is 22.9 Å². The molecule has 7 heteroatoms. The summed E-state index contributed by atoms with van der Waals surface area (Å²) in [5.74, 6) is 1.91. The zero-order valence-electron chi connectivity index (χ0n) is 18.9. The Kier molecular flexibility index (Phi) is 5.74. The molecular formula is C27H24N4O3. The molecule has 5 rings (SSSR count). The summed E-state index contributed by atoms with van der Waals surface area (Å²) in [6.45, 7) is 0. The molecule has 34 heavy (non-hydrogen) atoms. The number of benzene rings is 3. The molecule has 2 heterocycles. The van der Waals surface area contributed by atoms with E-state index < -0.39 is 0 Å². The van der Waals surface area contributed by atoms with E-state index in [-0.39, 0.29) is 11.9 Å². The monoisotopic (exact) mass is 452 g/mol. The van der Waals surface area contributed by atoms with Gasteiger partial charge in [0.2, 0.25) is 0 Å². The maximum absolute atomic E-state index is 13.2. The highest BCUT2D eigenvalue weighted by Gasteiger charge is 2.28. The van der Waals surface area contributed by atoms with Crippen molar-refractivity contribution in [2.45, 2.75) is 6.04 Å². The first kappa shape index (κ1) is 21.3. The number of amides is 1. The largest absolute Gasteiger partial charge is 0.497 e. The van der Waals surface area contributed by atoms with E-state index in [1.54, 1.807) is 20.4 Å². The molecule has 1 aliphatic rings. The molecule has 7 nitrogen and oxygen atoms in total. The number of hydrogen-bond acceptors (Lipinski definition) is 5. The standard InChI is InChI=1S/C27H24N4O3/c1-33-21-13-11-18(12-14-21)25-16-24(19-7-6-10-22(15-19)34-2)30-26-23(17-28-31(25)26)27(32)29-20-8-4-3-5-9-20/h3-17,25,30H,1-2H3,(H,29,32)/t25-/m1/s1. The molecule has 0 aliphatic carbocycles. The highest BCUT2D eigenvalue weighted by molar-refractivity contribution is 6.08. The van der Waals surface area contributed by atoms with E-state index in [1.807, 2.05) is 83.5 Å². The molecule has 0 unspecified atom stereocenters. The molecule has 2 N–H and O–H groups in total. The summed E-state index contributed by atoms with van der Waals surface area (Å²) in [4.78, 5) is 13.2. The van der Waals surface area contributed by atoms with Gasteiger partial charge in [-0.25, -0.2) is 4.68 Å². The first-order chi connectivity index (χ1) is 16.7. The van der Waals surface area contributed by atoms with Crippen molar-refractivity contribution >= 4 is 23.1 Å². The summed E-state index contributed by atoms with van der Waals surface area (Å²) < 4.78 is 12.6. The normalized spacial score (nSPS) is 14.4. The summed E-state index contributed by atoms with van der Waals surface area (Å²) in [5.41, 5.74) is 4.00. The first-order valence-electron chi connectivity index (χ1n) is 10.9. The van der Waals surface area contributed by atoms with E-state index in [2.05, 4.69) is 21.8 Å². The number of hydrogen-bond donors (Lipinski definition) is 2. The minimum Gasteiger partial charge on any atom is -0.497 e. The van der Waals surface area contributed by atoms with Gasteiger partial charge in [-0.05, 0) is 48.0 Å². The molecule has 4 aromatic rings. The van der Waals surface area contributed by atoms with Crippen LogP contribution in [0.15, 0.2) is 91.1 Å². The van der Waals surface area contributed by atoms with Gasteiger partial charge < -0.3 is 20.1 Å². The Balaban J connectivity index is 1.56. The van der Waals surface area contributed by atoms with Gasteiger partial charge in [0.25, 0.3) is 5.91 Å². The van der Waals surface area contributed by atoms with Gasteiger partial charge in [-0.15, -0.1) is 0 Å². The van der Waals surface area contributed by atoms with Crippen LogP contribution >= 0.6 is 0 Å². The van der Waals surface area contributed by atoms with Gasteiger partial charge in [-0.3, -0.25) is 4.79 Å². The van der Waals surface area contributed by atoms with E-state index in [0.717, 1.165) is 34.0 Å². The minimum absolute atomic E-state index is 0.221. The molecule has 0 saturated carbocycles. The van der Waals surface area contributed by atoms with Gasteiger partial charge in [0.15, 0.2) is 0 Å². The first-order valence-corrected chi connectivity index (χ1v) is 10.9. The second kappa shape index (κ2) is 9.15. The van der Waals surface area contributed by atoms with Crippen LogP contribution in [0.4, 0.5) is 11.5 Å². The van der Waals surface area contributed by atoms with Crippen molar-refractivity contribution in [1.82, 2.24) is 9.78 Å². The average Bonchev–Trinajstić information content (AvgIpc) is 3.33. The number of carbonyl (C=O) groups is 1. The Morgan fingerprint density at radius 3 is 2.44 bits per heavy atom. The molecule has 1 amide bonds. The lowest BCUT2D eigenvalue weighted by Crippen LogP contribution is -2.22. The second-order valence-electron chi connectivity index (χ2n) is 7.83. The summed E-state index contributed by atoms with van der Waals surface area (Å²) in [6, 6.07) is 24.8. The lowest BCUT2D eigenvalue weighted by atomic mass is 10.0. The predicted molar refractivity (Wildman–Crippen MR) is 132 cm³/mol. The van der Waals surface area contributed by atoms with Gasteiger partial charge in [0.05, 0.1) is 26.5 Å². The fourth-order valence-electron chi connectivity index (χ4n) is 3.98. The van der Waals surface area contributed by atoms with Crippen LogP contribution in [0.5, 0.6) is 11.5 Å². The van der Waals surface area contributed by atoms with Crippen molar-refractivity contribution in [2.24, 2.45) is 0 Å². The van der Waals surface area contributed by atoms with Crippen molar-refractivity contribution in [3.8, 4) is 11.5 Å². The molecule has 3 aromatic carbocycles. The summed E-state index contributed by atoms with van der Waals surface area (Å²) >= 11 is 0. The number of ether oxygens (including phenoxy) is 2. The van der Waals surface area contributed by atoms with Crippen molar-refractivity contribution in [3.05, 3.63) is 108 Å². The SMILES string of the molecule is COc1ccc([C@H]2C=C(c3cccc(OC)c3)Nc3c(C(=O)Nc4ccccc4)cnn32)cc1. The van der Waals surface area contributed by atoms with Crippen LogP contribution in [0.1, 0.15) is 27.5 Å². The Bertz CT molecular complexity index is 1340. The van der Waals surface area contributed by atoms with E-state index in [0.29, 0.717) is 11.4 Å². The number of nitrogens with one attached hydrogen (secondary N) is 2. The third-order valence-electron chi connectivity index (χ3n) is 5.75. The molecule has 0 spiro atoms. The molecule has 1 aromatic heterocycles. The third-order valence-corrected chi connectivity index (χ3v) is 5.75. The number of nitrogens with zero attached hydrogens (tertiary/aromatic N) is 2. The molecule has 0 bridgehead atoms. The number of para-hydroxylation sites is 1. The van der Waals surface area contributed by atoms with Crippen LogP contribution in [0.3, 0.4) is 0 Å². The fourth-order valence-corrected chi connectivity index (χ4v) is 3.98. The maximum Gasteiger partial charge on any atom is 0.261 e. The Morgan fingerprint density at radius 1 is 0.941 bits per heavy atom. The topological polar surface area (TPSA) is 77.4 Å². The zero-order valence-corrected chi connectivity index (χ0v) is 18.9. The molecule has 1 atom stereocenters. The highest BCUT2D eigenvalue weighted by atomic mass is 16.5. The highest BCUT2D eigenvalue weighted by Crippen LogP contribution is 2.36. The summed E-state index contributed by atoms with van der Waals surface area (Å²) in [7, 11) is 3.28. The summed E-state index contributed by atoms with van der Waals surface area (Å²) in [5, 5.41) is 10.9. The smallest absolute Gasteiger partial charge is 0.261 e. The van der Waals surface area contributed by atoms with Crippen molar-refractivity contribution < 1.29 is 14.3 Å². The van der Waals surface area contributed by atoms with E-state index >= 15 is 0 Å². The van der Waals surface area contributed by atoms with Crippen LogP contribution in [-0.2, 0) is 0 Å². The van der Waals surface area contributed by atoms with Gasteiger partial charge in [-0.2, -0.15) is 5.10 Å². The number of fused-ring (bicyclic) bond motifs is 1. The third kappa shape index (κ3) is 4.11. The number of aromatic nitrogens is 2. The molecule has 0 radical (unpaired) electrons. The van der Waals surface area contributed by atoms with Crippen molar-refractivity contribution in [3.63, 3.8) is 0 Å². The Morgan fingerprint density at radius 2 is 1.71 bits per heavy atom. The molecule has 0 fully saturated rings. The molecule has 170 valence electrons. The second-order valence-corrected chi connectivity index (χ2v) is 7.83. The predicted octanol–water partition coefficient (Wildman–Crippen LogP) is 5.21. The minimum atomic E-state index is -0.236. The van der Waals surface area contributed by atoms with Crippen molar-refractivity contribution in [2.75, 3.05) is 24.9 Å². The number of anilines is 2. The number of carbonyl (C=O) groups excluding carboxylic acids is 1. The van der Waals surface area contributed by atoms with Gasteiger partial charge in [0, 0.05) is 16.9 Å². The summed E-state index contributed by atoms with van der Waals surface area (Å²) in [6.07, 6.45) is 3.69. The van der Waals surface area contributed by atoms with Crippen LogP contribution in [0.2, 0.25) is 0 Å². The molecule has 1 aliphatic heterocycles. The number of rotatable bonds is 6. The van der Waals surface area contributed by atoms with E-state index in [1.165, 1.54) is 0 Å². The quantitative estimate of drug-likeness (QED) is 0.420. The maximum atomic E-state index is 13.2. The fraction of sp³-hybridized carbons (Fsp3) is 0.111. The van der Waals surface area contributed by atoms with E-state index in [4.69, 9.17) is 9.47 Å². The number of allylic oxidation sites excluding steroid dienone is 1. The van der Waals surface area contributed by atoms with Gasteiger partial charge >= 0.3 is 0 Å². The Labute approximate surface area is 197 Å². The zero-order chi connectivity index (χ0) is 23.5. The van der Waals surface area contributed by atoms with Crippen LogP contribution < -0.4 is 20.1 Å². The van der Waals surface area contributed by atoms with E-state index in [9.17, 15) is 4.79 Å². The Hall–Kier alpha value is -4.52. The molecular weight excluding hydrogens is 428 g/mol. The molecule has 0 saturated heterocycles. The lowest BCUT2D eigenvalue weighted by Gasteiger charge is -2.26. The van der Waals surface area contributed by atoms with Crippen LogP contribution in [0.25, 0.3) is 5.70 Å². The average molecular weight is 453 g/mol. The van der Waals surface area contributed by atoms with Gasteiger partial charge in [-0.1, -0.05) is 42.5 Å². The lowest BCUT2D eigenvalue weighted by molar-refractivity contribution is 0.102. The number of methoxy groups -OCH3 is 2.